The average Bonchev–Trinajstić information content (AvgIpc) is 3.22. The Labute approximate surface area is 159 Å². The molecule has 26 heavy (non-hydrogen) atoms. The lowest BCUT2D eigenvalue weighted by atomic mass is 9.98. The molecular weight excluding hydrogens is 368 g/mol. The number of allylic oxidation sites excluding steroid dienone is 1. The van der Waals surface area contributed by atoms with E-state index in [1.807, 2.05) is 23.6 Å². The van der Waals surface area contributed by atoms with E-state index in [-0.39, 0.29) is 5.78 Å². The van der Waals surface area contributed by atoms with E-state index in [1.54, 1.807) is 24.7 Å². The third-order valence-electron chi connectivity index (χ3n) is 3.59. The third-order valence-corrected chi connectivity index (χ3v) is 5.43. The summed E-state index contributed by atoms with van der Waals surface area (Å²) in [6.07, 6.45) is 1.48. The molecule has 7 nitrogen and oxygen atoms in total. The van der Waals surface area contributed by atoms with Crippen molar-refractivity contribution in [3.8, 4) is 0 Å². The first-order chi connectivity index (χ1) is 12.5. The Kier molecular flexibility index (Phi) is 5.38. The molecule has 2 aromatic rings. The van der Waals surface area contributed by atoms with Crippen molar-refractivity contribution in [2.45, 2.75) is 12.1 Å². The number of thioether (sulfide) groups is 2. The van der Waals surface area contributed by atoms with Gasteiger partial charge in [-0.1, -0.05) is 36.5 Å². The lowest BCUT2D eigenvalue weighted by Gasteiger charge is -2.11. The summed E-state index contributed by atoms with van der Waals surface area (Å²) in [4.78, 5) is 16.0. The van der Waals surface area contributed by atoms with Crippen molar-refractivity contribution in [3.63, 3.8) is 0 Å². The maximum atomic E-state index is 11.7. The molecule has 1 aromatic heterocycles. The minimum absolute atomic E-state index is 0.0103. The number of benzene rings is 1. The van der Waals surface area contributed by atoms with E-state index in [1.165, 1.54) is 29.7 Å². The van der Waals surface area contributed by atoms with Crippen LogP contribution in [0.25, 0.3) is 5.57 Å². The van der Waals surface area contributed by atoms with Crippen LogP contribution in [0.1, 0.15) is 22.8 Å². The van der Waals surface area contributed by atoms with Gasteiger partial charge in [0, 0.05) is 30.0 Å². The van der Waals surface area contributed by atoms with E-state index in [2.05, 4.69) is 27.1 Å². The van der Waals surface area contributed by atoms with Crippen LogP contribution in [0.15, 0.2) is 63.2 Å². The minimum atomic E-state index is 0.0103. The summed E-state index contributed by atoms with van der Waals surface area (Å²) in [7, 11) is 1.75. The maximum Gasteiger partial charge on any atom is 0.215 e. The number of aliphatic imine (C=N–C) groups is 1. The summed E-state index contributed by atoms with van der Waals surface area (Å²) < 4.78 is 1.55. The molecule has 0 saturated carbocycles. The van der Waals surface area contributed by atoms with Crippen molar-refractivity contribution in [2.75, 3.05) is 0 Å². The molecule has 9 heteroatoms. The fourth-order valence-electron chi connectivity index (χ4n) is 2.34. The number of nitrogens with two attached hydrogens (primary N) is 1. The number of hydrogen-bond donors (Lipinski definition) is 1. The first-order valence-electron chi connectivity index (χ1n) is 7.59. The molecule has 0 atom stereocenters. The van der Waals surface area contributed by atoms with Crippen molar-refractivity contribution in [1.29, 1.82) is 0 Å². The van der Waals surface area contributed by atoms with Crippen LogP contribution in [0.2, 0.25) is 0 Å². The Bertz CT molecular complexity index is 973. The van der Waals surface area contributed by atoms with E-state index in [0.29, 0.717) is 15.7 Å². The Hall–Kier alpha value is -2.65. The molecule has 0 fully saturated rings. The van der Waals surface area contributed by atoms with Gasteiger partial charge in [0.2, 0.25) is 5.16 Å². The lowest BCUT2D eigenvalue weighted by molar-refractivity contribution is 0.101. The van der Waals surface area contributed by atoms with Crippen LogP contribution < -0.4 is 5.73 Å². The van der Waals surface area contributed by atoms with Gasteiger partial charge in [0.05, 0.1) is 5.03 Å². The molecule has 3 rings (SSSR count). The second kappa shape index (κ2) is 7.71. The summed E-state index contributed by atoms with van der Waals surface area (Å²) in [6.45, 7) is 5.21. The molecule has 0 spiro atoms. The van der Waals surface area contributed by atoms with Crippen LogP contribution in [-0.2, 0) is 7.05 Å². The largest absolute Gasteiger partial charge is 0.393 e. The Morgan fingerprint density at radius 1 is 1.46 bits per heavy atom. The third kappa shape index (κ3) is 3.63. The highest BCUT2D eigenvalue weighted by atomic mass is 32.2. The molecule has 132 valence electrons. The molecular formula is C17H16N6OS2. The predicted molar refractivity (Wildman–Crippen MR) is 106 cm³/mol. The Balaban J connectivity index is 2.07. The van der Waals surface area contributed by atoms with Crippen molar-refractivity contribution < 1.29 is 4.79 Å². The number of ketones is 1. The maximum absolute atomic E-state index is 11.7. The van der Waals surface area contributed by atoms with Crippen molar-refractivity contribution in [2.24, 2.45) is 17.8 Å². The molecule has 0 radical (unpaired) electrons. The number of nitrogens with zero attached hydrogens (tertiary/aromatic N) is 5. The second-order valence-corrected chi connectivity index (χ2v) is 7.20. The summed E-state index contributed by atoms with van der Waals surface area (Å²) in [5.74, 6) is 0.0103. The predicted octanol–water partition coefficient (Wildman–Crippen LogP) is 3.00. The summed E-state index contributed by atoms with van der Waals surface area (Å²) >= 11 is 2.72. The van der Waals surface area contributed by atoms with E-state index in [4.69, 9.17) is 5.73 Å². The first-order valence-corrected chi connectivity index (χ1v) is 9.28. The second-order valence-electron chi connectivity index (χ2n) is 5.33. The van der Waals surface area contributed by atoms with E-state index in [9.17, 15) is 4.79 Å². The van der Waals surface area contributed by atoms with E-state index in [0.717, 1.165) is 21.8 Å². The van der Waals surface area contributed by atoms with Gasteiger partial charge >= 0.3 is 0 Å². The number of aryl methyl sites for hydroxylation is 1. The quantitative estimate of drug-likeness (QED) is 0.625. The molecule has 0 unspecified atom stereocenters. The van der Waals surface area contributed by atoms with Gasteiger partial charge in [-0.05, 0) is 46.2 Å². The molecule has 1 aliphatic heterocycles. The van der Waals surface area contributed by atoms with Gasteiger partial charge in [0.1, 0.15) is 5.04 Å². The fourth-order valence-corrected chi connectivity index (χ4v) is 4.11. The van der Waals surface area contributed by atoms with Crippen LogP contribution >= 0.6 is 23.5 Å². The van der Waals surface area contributed by atoms with Gasteiger partial charge in [0.15, 0.2) is 5.78 Å². The zero-order valence-corrected chi connectivity index (χ0v) is 15.8. The molecule has 0 amide bonds. The molecule has 0 saturated heterocycles. The Morgan fingerprint density at radius 2 is 2.27 bits per heavy atom. The molecule has 1 aromatic carbocycles. The summed E-state index contributed by atoms with van der Waals surface area (Å²) in [5, 5.41) is 15.2. The molecule has 0 aliphatic carbocycles. The Morgan fingerprint density at radius 3 is 2.92 bits per heavy atom. The number of carbonyl (C=O) groups excluding carboxylic acids is 1. The molecule has 0 bridgehead atoms. The molecule has 2 N–H and O–H groups in total. The number of hydrogen-bond acceptors (Lipinski definition) is 8. The standard InChI is InChI=1S/C17H16N6OS2/c1-4-19-16-14(15(18)26-17-20-21-22-23(17)3)13(9-25-16)12-7-5-6-11(8-12)10(2)24/h4-9H,1,18H2,2-3H3/b15-14+,19-16+. The van der Waals surface area contributed by atoms with Crippen LogP contribution in [0, 0.1) is 0 Å². The van der Waals surface area contributed by atoms with Crippen molar-refractivity contribution in [3.05, 3.63) is 64.2 Å². The number of tetrazole rings is 1. The van der Waals surface area contributed by atoms with Crippen LogP contribution in [-0.4, -0.2) is 31.0 Å². The monoisotopic (exact) mass is 384 g/mol. The van der Waals surface area contributed by atoms with Gasteiger partial charge in [0.25, 0.3) is 0 Å². The average molecular weight is 384 g/mol. The fraction of sp³-hybridized carbons (Fsp3) is 0.118. The highest BCUT2D eigenvalue weighted by molar-refractivity contribution is 8.17. The van der Waals surface area contributed by atoms with Crippen LogP contribution in [0.4, 0.5) is 0 Å². The summed E-state index contributed by atoms with van der Waals surface area (Å²) in [5.41, 5.74) is 9.61. The highest BCUT2D eigenvalue weighted by Crippen LogP contribution is 2.41. The number of rotatable bonds is 5. The zero-order valence-electron chi connectivity index (χ0n) is 14.2. The number of Topliss-reactive ketones (excluding diaryl/α,β-unsaturated/α-hetero) is 1. The molecule has 2 heterocycles. The van der Waals surface area contributed by atoms with Gasteiger partial charge in [-0.2, -0.15) is 0 Å². The van der Waals surface area contributed by atoms with Gasteiger partial charge in [-0.15, -0.1) is 5.10 Å². The first kappa shape index (κ1) is 18.2. The number of aromatic nitrogens is 4. The van der Waals surface area contributed by atoms with Crippen LogP contribution in [0.5, 0.6) is 0 Å². The number of carbonyl (C=O) groups is 1. The molecule has 1 aliphatic rings. The minimum Gasteiger partial charge on any atom is -0.393 e. The van der Waals surface area contributed by atoms with Gasteiger partial charge in [-0.3, -0.25) is 4.79 Å². The highest BCUT2D eigenvalue weighted by Gasteiger charge is 2.25. The van der Waals surface area contributed by atoms with Crippen molar-refractivity contribution >= 4 is 39.9 Å². The van der Waals surface area contributed by atoms with E-state index < -0.39 is 0 Å². The van der Waals surface area contributed by atoms with Crippen LogP contribution in [0.3, 0.4) is 0 Å². The summed E-state index contributed by atoms with van der Waals surface area (Å²) in [6, 6.07) is 7.44. The van der Waals surface area contributed by atoms with Crippen molar-refractivity contribution in [1.82, 2.24) is 20.2 Å². The van der Waals surface area contributed by atoms with Gasteiger partial charge in [-0.25, -0.2) is 9.67 Å². The van der Waals surface area contributed by atoms with Gasteiger partial charge < -0.3 is 5.73 Å². The van der Waals surface area contributed by atoms with E-state index >= 15 is 0 Å². The topological polar surface area (TPSA) is 99.1 Å². The zero-order chi connectivity index (χ0) is 18.7. The SMILES string of the molecule is C=C/N=C1/SC=C(c2cccc(C(C)=O)c2)/C1=C(/N)Sc1nnnn1C. The normalized spacial score (nSPS) is 17.3. The smallest absolute Gasteiger partial charge is 0.215 e. The lowest BCUT2D eigenvalue weighted by Crippen LogP contribution is -2.07.